The van der Waals surface area contributed by atoms with Crippen LogP contribution in [0.5, 0.6) is 0 Å². The third-order valence-corrected chi connectivity index (χ3v) is 10.3. The summed E-state index contributed by atoms with van der Waals surface area (Å²) >= 11 is 0. The lowest BCUT2D eigenvalue weighted by Crippen LogP contribution is -2.17. The molecule has 3 rings (SSSR count). The number of carbonyl (C=O) groups is 1. The highest BCUT2D eigenvalue weighted by Crippen LogP contribution is 2.32. The molecule has 2 aromatic rings. The van der Waals surface area contributed by atoms with Crippen molar-refractivity contribution >= 4 is 53.9 Å². The molecule has 0 heterocycles. The van der Waals surface area contributed by atoms with Crippen LogP contribution < -0.4 is 4.72 Å². The Hall–Kier alpha value is -2.58. The number of hydrogen-bond acceptors (Lipinski definition) is 9. The van der Waals surface area contributed by atoms with E-state index in [0.29, 0.717) is 24.8 Å². The summed E-state index contributed by atoms with van der Waals surface area (Å²) in [5, 5.41) is -0.505. The Balaban J connectivity index is 2.02. The maximum Gasteiger partial charge on any atom is 0.297 e. The van der Waals surface area contributed by atoms with Gasteiger partial charge >= 0.3 is 0 Å². The Morgan fingerprint density at radius 3 is 1.92 bits per heavy atom. The SMILES string of the molecule is COS(=O)(=O)c1cc(CC(=O)CC(C)C)ccc1/C=C/c1ccc(NS(=O)(=O)C2CC2)cc1S(=O)(=O)OC. The van der Waals surface area contributed by atoms with Gasteiger partial charge in [0.2, 0.25) is 10.0 Å². The standard InChI is InChI=1S/C25H31NO9S3/c1-17(2)13-22(27)14-18-5-6-19(24(15-18)37(30,31)34-3)7-8-20-9-10-21(16-25(20)38(32,33)35-4)26-36(28,29)23-11-12-23/h5-10,15-17,23,26H,11-14H2,1-4H3/b8-7+. The maximum atomic E-state index is 12.6. The van der Waals surface area contributed by atoms with Gasteiger partial charge in [-0.05, 0) is 53.6 Å². The number of carbonyl (C=O) groups excluding carboxylic acids is 1. The van der Waals surface area contributed by atoms with Crippen LogP contribution in [0.25, 0.3) is 12.2 Å². The first-order valence-electron chi connectivity index (χ1n) is 11.8. The molecule has 208 valence electrons. The topological polar surface area (TPSA) is 150 Å². The molecule has 0 radical (unpaired) electrons. The Morgan fingerprint density at radius 1 is 0.895 bits per heavy atom. The highest BCUT2D eigenvalue weighted by Gasteiger charge is 2.36. The van der Waals surface area contributed by atoms with E-state index in [1.54, 1.807) is 6.07 Å². The summed E-state index contributed by atoms with van der Waals surface area (Å²) in [6.45, 7) is 3.83. The Kier molecular flexibility index (Phi) is 9.20. The third kappa shape index (κ3) is 7.50. The highest BCUT2D eigenvalue weighted by molar-refractivity contribution is 7.93. The summed E-state index contributed by atoms with van der Waals surface area (Å²) in [7, 11) is -10.1. The smallest absolute Gasteiger partial charge is 0.297 e. The van der Waals surface area contributed by atoms with E-state index in [1.807, 2.05) is 13.8 Å². The Bertz CT molecular complexity index is 1550. The molecule has 0 aliphatic heterocycles. The molecule has 13 heteroatoms. The highest BCUT2D eigenvalue weighted by atomic mass is 32.2. The molecule has 0 atom stereocenters. The zero-order valence-electron chi connectivity index (χ0n) is 21.5. The minimum atomic E-state index is -4.26. The summed E-state index contributed by atoms with van der Waals surface area (Å²) in [5.41, 5.74) is 0.894. The van der Waals surface area contributed by atoms with E-state index in [9.17, 15) is 30.0 Å². The third-order valence-electron chi connectivity index (χ3n) is 5.77. The van der Waals surface area contributed by atoms with Gasteiger partial charge in [-0.25, -0.2) is 8.42 Å². The number of benzene rings is 2. The molecule has 0 bridgehead atoms. The van der Waals surface area contributed by atoms with E-state index in [1.165, 1.54) is 36.4 Å². The number of sulfonamides is 1. The van der Waals surface area contributed by atoms with Gasteiger partial charge in [0, 0.05) is 18.5 Å². The maximum absolute atomic E-state index is 12.6. The van der Waals surface area contributed by atoms with Crippen LogP contribution in [0.3, 0.4) is 0 Å². The van der Waals surface area contributed by atoms with Gasteiger partial charge < -0.3 is 0 Å². The van der Waals surface area contributed by atoms with Crippen molar-refractivity contribution in [3.05, 3.63) is 53.1 Å². The normalized spacial score (nSPS) is 14.8. The van der Waals surface area contributed by atoms with Crippen LogP contribution in [0.4, 0.5) is 5.69 Å². The first-order chi connectivity index (χ1) is 17.7. The monoisotopic (exact) mass is 585 g/mol. The fraction of sp³-hybridized carbons (Fsp3) is 0.400. The first-order valence-corrected chi connectivity index (χ1v) is 16.1. The molecule has 1 N–H and O–H groups in total. The van der Waals surface area contributed by atoms with Gasteiger partial charge in [0.25, 0.3) is 20.2 Å². The van der Waals surface area contributed by atoms with Gasteiger partial charge in [-0.2, -0.15) is 16.8 Å². The largest absolute Gasteiger partial charge is 0.299 e. The van der Waals surface area contributed by atoms with Gasteiger partial charge in [-0.3, -0.25) is 17.9 Å². The van der Waals surface area contributed by atoms with Crippen LogP contribution in [-0.2, 0) is 49.8 Å². The molecule has 0 spiro atoms. The quantitative estimate of drug-likeness (QED) is 0.275. The van der Waals surface area contributed by atoms with Crippen LogP contribution in [0, 0.1) is 5.92 Å². The number of Topliss-reactive ketones (excluding diaryl/α,β-unsaturated/α-hetero) is 1. The van der Waals surface area contributed by atoms with Crippen LogP contribution in [-0.4, -0.2) is 50.5 Å². The van der Waals surface area contributed by atoms with E-state index in [4.69, 9.17) is 4.18 Å². The number of anilines is 1. The second-order valence-corrected chi connectivity index (χ2v) is 14.7. The van der Waals surface area contributed by atoms with Crippen LogP contribution in [0.2, 0.25) is 0 Å². The summed E-state index contributed by atoms with van der Waals surface area (Å²) < 4.78 is 86.8. The van der Waals surface area contributed by atoms with Gasteiger partial charge in [0.05, 0.1) is 19.5 Å². The van der Waals surface area contributed by atoms with Crippen molar-refractivity contribution in [2.24, 2.45) is 5.92 Å². The minimum Gasteiger partial charge on any atom is -0.299 e. The average Bonchev–Trinajstić information content (AvgIpc) is 3.69. The molecule has 0 aromatic heterocycles. The predicted molar refractivity (Wildman–Crippen MR) is 144 cm³/mol. The van der Waals surface area contributed by atoms with Crippen molar-refractivity contribution in [2.45, 2.75) is 54.6 Å². The molecular formula is C25H31NO9S3. The fourth-order valence-electron chi connectivity index (χ4n) is 3.74. The molecule has 38 heavy (non-hydrogen) atoms. The second-order valence-electron chi connectivity index (χ2n) is 9.36. The molecule has 0 amide bonds. The molecule has 1 aliphatic rings. The average molecular weight is 586 g/mol. The second kappa shape index (κ2) is 11.7. The lowest BCUT2D eigenvalue weighted by Gasteiger charge is -2.12. The van der Waals surface area contributed by atoms with Crippen LogP contribution in [0.1, 0.15) is 49.8 Å². The van der Waals surface area contributed by atoms with Crippen molar-refractivity contribution < 1.29 is 38.4 Å². The summed E-state index contributed by atoms with van der Waals surface area (Å²) in [6.07, 6.45) is 4.26. The van der Waals surface area contributed by atoms with E-state index in [-0.39, 0.29) is 44.7 Å². The molecular weight excluding hydrogens is 554 g/mol. The zero-order chi connectivity index (χ0) is 28.3. The summed E-state index contributed by atoms with van der Waals surface area (Å²) in [4.78, 5) is 11.8. The predicted octanol–water partition coefficient (Wildman–Crippen LogP) is 3.59. The van der Waals surface area contributed by atoms with Crippen molar-refractivity contribution in [3.63, 3.8) is 0 Å². The van der Waals surface area contributed by atoms with E-state index in [0.717, 1.165) is 20.3 Å². The lowest BCUT2D eigenvalue weighted by atomic mass is 10.00. The van der Waals surface area contributed by atoms with E-state index >= 15 is 0 Å². The van der Waals surface area contributed by atoms with Crippen molar-refractivity contribution in [1.29, 1.82) is 0 Å². The summed E-state index contributed by atoms with van der Waals surface area (Å²) in [5.74, 6) is 0.135. The van der Waals surface area contributed by atoms with Gasteiger partial charge in [-0.1, -0.05) is 44.2 Å². The number of hydrogen-bond donors (Lipinski definition) is 1. The van der Waals surface area contributed by atoms with Crippen molar-refractivity contribution in [2.75, 3.05) is 18.9 Å². The minimum absolute atomic E-state index is 0.0316. The zero-order valence-corrected chi connectivity index (χ0v) is 24.0. The van der Waals surface area contributed by atoms with Crippen LogP contribution in [0.15, 0.2) is 46.2 Å². The molecule has 1 fully saturated rings. The van der Waals surface area contributed by atoms with Crippen LogP contribution >= 0.6 is 0 Å². The van der Waals surface area contributed by atoms with Gasteiger partial charge in [0.1, 0.15) is 15.6 Å². The van der Waals surface area contributed by atoms with Crippen molar-refractivity contribution in [1.82, 2.24) is 0 Å². The number of nitrogens with one attached hydrogen (secondary N) is 1. The number of ketones is 1. The fourth-order valence-corrected chi connectivity index (χ4v) is 6.89. The molecule has 1 aliphatic carbocycles. The molecule has 0 saturated heterocycles. The van der Waals surface area contributed by atoms with E-state index in [2.05, 4.69) is 8.91 Å². The molecule has 1 saturated carbocycles. The van der Waals surface area contributed by atoms with Gasteiger partial charge in [-0.15, -0.1) is 0 Å². The molecule has 0 unspecified atom stereocenters. The lowest BCUT2D eigenvalue weighted by molar-refractivity contribution is -0.119. The Labute approximate surface area is 224 Å². The molecule has 10 nitrogen and oxygen atoms in total. The first kappa shape index (κ1) is 30.0. The number of rotatable bonds is 13. The summed E-state index contributed by atoms with van der Waals surface area (Å²) in [6, 6.07) is 8.42. The molecule has 2 aromatic carbocycles. The van der Waals surface area contributed by atoms with Crippen molar-refractivity contribution in [3.8, 4) is 0 Å². The van der Waals surface area contributed by atoms with E-state index < -0.39 is 35.5 Å². The van der Waals surface area contributed by atoms with Gasteiger partial charge in [0.15, 0.2) is 0 Å². The Morgan fingerprint density at radius 2 is 1.42 bits per heavy atom.